The van der Waals surface area contributed by atoms with Crippen LogP contribution in [0.3, 0.4) is 0 Å². The van der Waals surface area contributed by atoms with Crippen LogP contribution >= 0.6 is 0 Å². The summed E-state index contributed by atoms with van der Waals surface area (Å²) in [7, 11) is 0. The standard InChI is InChI=1S/C11H16N2/c1-2-4-10-8(3-1)9-7-12-6-5-11(9)13-10/h2,4,6,8-11,13H,1,3,5,7H2/t8?,9-,10?,11+/m0/s1. The summed E-state index contributed by atoms with van der Waals surface area (Å²) in [5.74, 6) is 1.69. The van der Waals surface area contributed by atoms with Crippen molar-refractivity contribution in [2.24, 2.45) is 16.8 Å². The van der Waals surface area contributed by atoms with Crippen LogP contribution in [-0.2, 0) is 0 Å². The highest BCUT2D eigenvalue weighted by atomic mass is 15.0. The Bertz CT molecular complexity index is 257. The van der Waals surface area contributed by atoms with E-state index in [-0.39, 0.29) is 0 Å². The smallest absolute Gasteiger partial charge is 0.0432 e. The molecule has 0 aromatic rings. The van der Waals surface area contributed by atoms with Crippen LogP contribution < -0.4 is 5.32 Å². The number of aliphatic imine (C=N–C) groups is 1. The molecule has 3 rings (SSSR count). The fourth-order valence-electron chi connectivity index (χ4n) is 3.07. The van der Waals surface area contributed by atoms with Crippen LogP contribution in [0.2, 0.25) is 0 Å². The molecule has 1 fully saturated rings. The second kappa shape index (κ2) is 2.95. The molecule has 2 heteroatoms. The van der Waals surface area contributed by atoms with Crippen molar-refractivity contribution in [2.45, 2.75) is 31.3 Å². The van der Waals surface area contributed by atoms with Gasteiger partial charge < -0.3 is 5.32 Å². The Hall–Kier alpha value is -0.630. The molecule has 2 aliphatic heterocycles. The minimum absolute atomic E-state index is 0.658. The van der Waals surface area contributed by atoms with E-state index in [0.29, 0.717) is 6.04 Å². The molecule has 13 heavy (non-hydrogen) atoms. The Labute approximate surface area is 79.1 Å². The van der Waals surface area contributed by atoms with Crippen LogP contribution in [0.1, 0.15) is 19.3 Å². The molecular formula is C11H16N2. The van der Waals surface area contributed by atoms with Gasteiger partial charge in [-0.05, 0) is 31.1 Å². The Kier molecular flexibility index (Phi) is 1.76. The van der Waals surface area contributed by atoms with Crippen molar-refractivity contribution in [1.82, 2.24) is 5.32 Å². The number of nitrogens with zero attached hydrogens (tertiary/aromatic N) is 1. The molecule has 1 aliphatic carbocycles. The van der Waals surface area contributed by atoms with Crippen molar-refractivity contribution in [2.75, 3.05) is 6.54 Å². The summed E-state index contributed by atoms with van der Waals surface area (Å²) in [6.07, 6.45) is 10.6. The van der Waals surface area contributed by atoms with Crippen LogP contribution in [0, 0.1) is 11.8 Å². The lowest BCUT2D eigenvalue weighted by atomic mass is 9.80. The third-order valence-electron chi connectivity index (χ3n) is 3.75. The molecule has 0 aromatic carbocycles. The number of nitrogens with one attached hydrogen (secondary N) is 1. The monoisotopic (exact) mass is 176 g/mol. The zero-order valence-corrected chi connectivity index (χ0v) is 7.82. The average Bonchev–Trinajstić information content (AvgIpc) is 2.56. The van der Waals surface area contributed by atoms with E-state index in [0.717, 1.165) is 30.8 Å². The zero-order valence-electron chi connectivity index (χ0n) is 7.82. The van der Waals surface area contributed by atoms with E-state index in [9.17, 15) is 0 Å². The molecule has 0 saturated carbocycles. The number of hydrogen-bond donors (Lipinski definition) is 1. The van der Waals surface area contributed by atoms with E-state index in [2.05, 4.69) is 28.7 Å². The maximum Gasteiger partial charge on any atom is 0.0432 e. The predicted octanol–water partition coefficient (Wildman–Crippen LogP) is 1.38. The molecule has 0 amide bonds. The van der Waals surface area contributed by atoms with Crippen LogP contribution in [-0.4, -0.2) is 24.8 Å². The lowest BCUT2D eigenvalue weighted by Gasteiger charge is -2.26. The van der Waals surface area contributed by atoms with Crippen molar-refractivity contribution < 1.29 is 0 Å². The van der Waals surface area contributed by atoms with E-state index < -0.39 is 0 Å². The highest BCUT2D eigenvalue weighted by molar-refractivity contribution is 5.59. The number of hydrogen-bond acceptors (Lipinski definition) is 2. The summed E-state index contributed by atoms with van der Waals surface area (Å²) in [6, 6.07) is 1.38. The summed E-state index contributed by atoms with van der Waals surface area (Å²) in [4.78, 5) is 4.42. The second-order valence-electron chi connectivity index (χ2n) is 4.42. The lowest BCUT2D eigenvalue weighted by Crippen LogP contribution is -2.33. The van der Waals surface area contributed by atoms with Crippen LogP contribution in [0.15, 0.2) is 17.1 Å². The van der Waals surface area contributed by atoms with Gasteiger partial charge in [0, 0.05) is 24.8 Å². The van der Waals surface area contributed by atoms with Gasteiger partial charge in [-0.2, -0.15) is 0 Å². The van der Waals surface area contributed by atoms with Gasteiger partial charge in [0.1, 0.15) is 0 Å². The van der Waals surface area contributed by atoms with Gasteiger partial charge in [-0.15, -0.1) is 0 Å². The van der Waals surface area contributed by atoms with Gasteiger partial charge in [0.25, 0.3) is 0 Å². The maximum atomic E-state index is 4.42. The predicted molar refractivity (Wildman–Crippen MR) is 54.0 cm³/mol. The number of rotatable bonds is 0. The van der Waals surface area contributed by atoms with E-state index in [1.54, 1.807) is 0 Å². The van der Waals surface area contributed by atoms with Gasteiger partial charge in [-0.1, -0.05) is 12.2 Å². The largest absolute Gasteiger partial charge is 0.307 e. The van der Waals surface area contributed by atoms with Crippen LogP contribution in [0.4, 0.5) is 0 Å². The minimum atomic E-state index is 0.658. The fourth-order valence-corrected chi connectivity index (χ4v) is 3.07. The van der Waals surface area contributed by atoms with Gasteiger partial charge in [-0.25, -0.2) is 0 Å². The highest BCUT2D eigenvalue weighted by Gasteiger charge is 2.42. The molecule has 2 unspecified atom stereocenters. The van der Waals surface area contributed by atoms with Crippen molar-refractivity contribution in [3.63, 3.8) is 0 Å². The Morgan fingerprint density at radius 2 is 2.31 bits per heavy atom. The Balaban J connectivity index is 1.85. The summed E-state index contributed by atoms with van der Waals surface area (Å²) >= 11 is 0. The second-order valence-corrected chi connectivity index (χ2v) is 4.42. The van der Waals surface area contributed by atoms with E-state index in [4.69, 9.17) is 0 Å². The Morgan fingerprint density at radius 3 is 3.31 bits per heavy atom. The fraction of sp³-hybridized carbons (Fsp3) is 0.727. The minimum Gasteiger partial charge on any atom is -0.307 e. The molecule has 0 bridgehead atoms. The average molecular weight is 176 g/mol. The number of allylic oxidation sites excluding steroid dienone is 1. The summed E-state index contributed by atoms with van der Waals surface area (Å²) in [5, 5.41) is 3.72. The topological polar surface area (TPSA) is 24.4 Å². The van der Waals surface area contributed by atoms with Crippen molar-refractivity contribution in [1.29, 1.82) is 0 Å². The normalized spacial score (nSPS) is 47.4. The summed E-state index contributed by atoms with van der Waals surface area (Å²) in [6.45, 7) is 1.06. The molecule has 1 saturated heterocycles. The van der Waals surface area contributed by atoms with E-state index in [1.165, 1.54) is 12.8 Å². The molecule has 2 nitrogen and oxygen atoms in total. The lowest BCUT2D eigenvalue weighted by molar-refractivity contribution is 0.334. The first-order valence-electron chi connectivity index (χ1n) is 5.36. The Morgan fingerprint density at radius 1 is 1.31 bits per heavy atom. The first kappa shape index (κ1) is 7.74. The molecule has 0 aromatic heterocycles. The molecule has 4 atom stereocenters. The van der Waals surface area contributed by atoms with E-state index >= 15 is 0 Å². The maximum absolute atomic E-state index is 4.42. The molecule has 70 valence electrons. The first-order chi connectivity index (χ1) is 6.45. The molecular weight excluding hydrogens is 160 g/mol. The SMILES string of the molecule is C1=CC2N[C@@H]3CC=NC[C@H]3C2CC1. The molecule has 2 heterocycles. The van der Waals surface area contributed by atoms with Gasteiger partial charge in [0.2, 0.25) is 0 Å². The van der Waals surface area contributed by atoms with Crippen molar-refractivity contribution in [3.05, 3.63) is 12.2 Å². The summed E-state index contributed by atoms with van der Waals surface area (Å²) in [5.41, 5.74) is 0. The molecule has 1 N–H and O–H groups in total. The zero-order chi connectivity index (χ0) is 8.67. The third kappa shape index (κ3) is 1.16. The quantitative estimate of drug-likeness (QED) is 0.554. The van der Waals surface area contributed by atoms with Gasteiger partial charge in [0.15, 0.2) is 0 Å². The van der Waals surface area contributed by atoms with E-state index in [1.807, 2.05) is 0 Å². The molecule has 0 spiro atoms. The molecule has 0 radical (unpaired) electrons. The van der Waals surface area contributed by atoms with Gasteiger partial charge in [-0.3, -0.25) is 4.99 Å². The third-order valence-corrected chi connectivity index (χ3v) is 3.75. The van der Waals surface area contributed by atoms with Crippen LogP contribution in [0.5, 0.6) is 0 Å². The van der Waals surface area contributed by atoms with Crippen molar-refractivity contribution >= 4 is 6.21 Å². The summed E-state index contributed by atoms with van der Waals surface area (Å²) < 4.78 is 0. The van der Waals surface area contributed by atoms with Crippen molar-refractivity contribution in [3.8, 4) is 0 Å². The number of fused-ring (bicyclic) bond motifs is 3. The van der Waals surface area contributed by atoms with Gasteiger partial charge in [0.05, 0.1) is 0 Å². The first-order valence-corrected chi connectivity index (χ1v) is 5.36. The van der Waals surface area contributed by atoms with Crippen LogP contribution in [0.25, 0.3) is 0 Å². The van der Waals surface area contributed by atoms with Gasteiger partial charge >= 0.3 is 0 Å². The highest BCUT2D eigenvalue weighted by Crippen LogP contribution is 2.36. The molecule has 3 aliphatic rings.